The van der Waals surface area contributed by atoms with E-state index in [-0.39, 0.29) is 6.23 Å². The SMILES string of the molecule is O=C(O)NC1CCCO1. The van der Waals surface area contributed by atoms with Gasteiger partial charge in [-0.15, -0.1) is 0 Å². The average molecular weight is 131 g/mol. The standard InChI is InChI=1S/C5H9NO3/c7-5(8)6-4-2-1-3-9-4/h4,6H,1-3H2,(H,7,8). The molecule has 1 heterocycles. The molecule has 0 radical (unpaired) electrons. The van der Waals surface area contributed by atoms with Crippen molar-refractivity contribution in [2.75, 3.05) is 6.61 Å². The summed E-state index contributed by atoms with van der Waals surface area (Å²) >= 11 is 0. The Hall–Kier alpha value is -0.770. The predicted octanol–water partition coefficient (Wildman–Crippen LogP) is 0.390. The van der Waals surface area contributed by atoms with Crippen LogP contribution in [0, 0.1) is 0 Å². The highest BCUT2D eigenvalue weighted by atomic mass is 16.5. The number of hydrogen-bond acceptors (Lipinski definition) is 2. The van der Waals surface area contributed by atoms with Crippen LogP contribution in [0.25, 0.3) is 0 Å². The van der Waals surface area contributed by atoms with Gasteiger partial charge < -0.3 is 9.84 Å². The molecule has 0 aromatic heterocycles. The lowest BCUT2D eigenvalue weighted by molar-refractivity contribution is 0.0811. The fourth-order valence-electron chi connectivity index (χ4n) is 0.829. The van der Waals surface area contributed by atoms with E-state index >= 15 is 0 Å². The molecule has 4 nitrogen and oxygen atoms in total. The second-order valence-electron chi connectivity index (χ2n) is 1.95. The molecule has 0 aliphatic carbocycles. The fourth-order valence-corrected chi connectivity index (χ4v) is 0.829. The molecular formula is C5H9NO3. The summed E-state index contributed by atoms with van der Waals surface area (Å²) in [4.78, 5) is 9.96. The summed E-state index contributed by atoms with van der Waals surface area (Å²) in [5.74, 6) is 0. The summed E-state index contributed by atoms with van der Waals surface area (Å²) < 4.78 is 4.97. The van der Waals surface area contributed by atoms with E-state index in [0.717, 1.165) is 12.8 Å². The van der Waals surface area contributed by atoms with Gasteiger partial charge in [0.2, 0.25) is 0 Å². The highest BCUT2D eigenvalue weighted by molar-refractivity contribution is 5.64. The first-order valence-electron chi connectivity index (χ1n) is 2.90. The minimum absolute atomic E-state index is 0.262. The van der Waals surface area contributed by atoms with E-state index in [1.54, 1.807) is 0 Å². The van der Waals surface area contributed by atoms with E-state index < -0.39 is 6.09 Å². The first-order valence-corrected chi connectivity index (χ1v) is 2.90. The molecule has 1 aliphatic rings. The van der Waals surface area contributed by atoms with Crippen LogP contribution in [0.3, 0.4) is 0 Å². The highest BCUT2D eigenvalue weighted by Gasteiger charge is 2.16. The van der Waals surface area contributed by atoms with Crippen LogP contribution in [0.1, 0.15) is 12.8 Å². The summed E-state index contributed by atoms with van der Waals surface area (Å²) in [7, 11) is 0. The third-order valence-electron chi connectivity index (χ3n) is 1.21. The Morgan fingerprint density at radius 1 is 1.78 bits per heavy atom. The van der Waals surface area contributed by atoms with Gasteiger partial charge in [-0.2, -0.15) is 0 Å². The number of nitrogens with one attached hydrogen (secondary N) is 1. The molecule has 1 unspecified atom stereocenters. The van der Waals surface area contributed by atoms with Gasteiger partial charge in [-0.05, 0) is 12.8 Å². The molecule has 0 aromatic carbocycles. The summed E-state index contributed by atoms with van der Waals surface area (Å²) in [5.41, 5.74) is 0. The molecule has 0 aromatic rings. The van der Waals surface area contributed by atoms with Crippen molar-refractivity contribution in [2.24, 2.45) is 0 Å². The summed E-state index contributed by atoms with van der Waals surface area (Å²) in [6, 6.07) is 0. The summed E-state index contributed by atoms with van der Waals surface area (Å²) in [5, 5.41) is 10.4. The van der Waals surface area contributed by atoms with Gasteiger partial charge in [0.1, 0.15) is 6.23 Å². The van der Waals surface area contributed by atoms with Gasteiger partial charge in [-0.25, -0.2) is 4.79 Å². The van der Waals surface area contributed by atoms with Gasteiger partial charge in [0.15, 0.2) is 0 Å². The minimum atomic E-state index is -1.01. The number of carboxylic acid groups (broad SMARTS) is 1. The van der Waals surface area contributed by atoms with Crippen molar-refractivity contribution in [1.29, 1.82) is 0 Å². The minimum Gasteiger partial charge on any atom is -0.465 e. The average Bonchev–Trinajstić information content (AvgIpc) is 2.15. The van der Waals surface area contributed by atoms with Gasteiger partial charge in [0, 0.05) is 6.61 Å². The van der Waals surface area contributed by atoms with Crippen LogP contribution in [-0.4, -0.2) is 24.0 Å². The molecular weight excluding hydrogens is 122 g/mol. The summed E-state index contributed by atoms with van der Waals surface area (Å²) in [6.07, 6.45) is 0.474. The molecule has 4 heteroatoms. The van der Waals surface area contributed by atoms with Crippen molar-refractivity contribution in [3.63, 3.8) is 0 Å². The zero-order chi connectivity index (χ0) is 6.69. The number of hydrogen-bond donors (Lipinski definition) is 2. The van der Waals surface area contributed by atoms with Crippen LogP contribution in [-0.2, 0) is 4.74 Å². The lowest BCUT2D eigenvalue weighted by Gasteiger charge is -2.06. The quantitative estimate of drug-likeness (QED) is 0.541. The first-order chi connectivity index (χ1) is 4.29. The largest absolute Gasteiger partial charge is 0.465 e. The maximum absolute atomic E-state index is 9.96. The molecule has 0 spiro atoms. The third kappa shape index (κ3) is 1.89. The molecule has 1 amide bonds. The van der Waals surface area contributed by atoms with Crippen LogP contribution in [0.5, 0.6) is 0 Å². The van der Waals surface area contributed by atoms with E-state index in [1.807, 2.05) is 0 Å². The molecule has 1 atom stereocenters. The normalized spacial score (nSPS) is 26.0. The molecule has 0 bridgehead atoms. The Labute approximate surface area is 52.8 Å². The molecule has 52 valence electrons. The predicted molar refractivity (Wildman–Crippen MR) is 30.1 cm³/mol. The molecule has 2 N–H and O–H groups in total. The van der Waals surface area contributed by atoms with Crippen molar-refractivity contribution in [1.82, 2.24) is 5.32 Å². The Morgan fingerprint density at radius 2 is 2.56 bits per heavy atom. The van der Waals surface area contributed by atoms with Crippen molar-refractivity contribution in [3.8, 4) is 0 Å². The number of rotatable bonds is 1. The molecule has 1 aliphatic heterocycles. The molecule has 9 heavy (non-hydrogen) atoms. The Morgan fingerprint density at radius 3 is 3.00 bits per heavy atom. The van der Waals surface area contributed by atoms with Crippen molar-refractivity contribution >= 4 is 6.09 Å². The molecule has 1 rings (SSSR count). The first kappa shape index (κ1) is 6.35. The highest BCUT2D eigenvalue weighted by Crippen LogP contribution is 2.08. The van der Waals surface area contributed by atoms with Crippen LogP contribution in [0.4, 0.5) is 4.79 Å². The monoisotopic (exact) mass is 131 g/mol. The third-order valence-corrected chi connectivity index (χ3v) is 1.21. The van der Waals surface area contributed by atoms with E-state index in [2.05, 4.69) is 5.32 Å². The Balaban J connectivity index is 2.19. The maximum atomic E-state index is 9.96. The Bertz CT molecular complexity index is 109. The van der Waals surface area contributed by atoms with E-state index in [1.165, 1.54) is 0 Å². The van der Waals surface area contributed by atoms with E-state index in [4.69, 9.17) is 9.84 Å². The van der Waals surface area contributed by atoms with Crippen molar-refractivity contribution in [2.45, 2.75) is 19.1 Å². The summed E-state index contributed by atoms with van der Waals surface area (Å²) in [6.45, 7) is 0.672. The van der Waals surface area contributed by atoms with Crippen molar-refractivity contribution < 1.29 is 14.6 Å². The fraction of sp³-hybridized carbons (Fsp3) is 0.800. The number of carbonyl (C=O) groups is 1. The van der Waals surface area contributed by atoms with Crippen LogP contribution in [0.2, 0.25) is 0 Å². The van der Waals surface area contributed by atoms with Gasteiger partial charge in [-0.1, -0.05) is 0 Å². The van der Waals surface area contributed by atoms with Crippen LogP contribution < -0.4 is 5.32 Å². The Kier molecular flexibility index (Phi) is 1.89. The van der Waals surface area contributed by atoms with Crippen LogP contribution in [0.15, 0.2) is 0 Å². The van der Waals surface area contributed by atoms with Gasteiger partial charge in [-0.3, -0.25) is 5.32 Å². The zero-order valence-electron chi connectivity index (χ0n) is 4.96. The van der Waals surface area contributed by atoms with Gasteiger partial charge in [0.05, 0.1) is 0 Å². The molecule has 0 saturated carbocycles. The zero-order valence-corrected chi connectivity index (χ0v) is 4.96. The van der Waals surface area contributed by atoms with Crippen molar-refractivity contribution in [3.05, 3.63) is 0 Å². The smallest absolute Gasteiger partial charge is 0.406 e. The van der Waals surface area contributed by atoms with Gasteiger partial charge in [0.25, 0.3) is 0 Å². The second kappa shape index (κ2) is 2.68. The topological polar surface area (TPSA) is 58.6 Å². The van der Waals surface area contributed by atoms with Gasteiger partial charge >= 0.3 is 6.09 Å². The number of ether oxygens (including phenoxy) is 1. The van der Waals surface area contributed by atoms with E-state index in [0.29, 0.717) is 6.61 Å². The molecule has 1 fully saturated rings. The molecule has 1 saturated heterocycles. The number of amides is 1. The second-order valence-corrected chi connectivity index (χ2v) is 1.95. The lowest BCUT2D eigenvalue weighted by atomic mass is 10.3. The van der Waals surface area contributed by atoms with Crippen LogP contribution >= 0.6 is 0 Å². The van der Waals surface area contributed by atoms with E-state index in [9.17, 15) is 4.79 Å². The maximum Gasteiger partial charge on any atom is 0.406 e. The lowest BCUT2D eigenvalue weighted by Crippen LogP contribution is -2.32.